The first kappa shape index (κ1) is 16.4. The van der Waals surface area contributed by atoms with E-state index in [0.29, 0.717) is 21.3 Å². The van der Waals surface area contributed by atoms with E-state index in [1.165, 1.54) is 6.08 Å². The molecule has 0 aliphatic heterocycles. The summed E-state index contributed by atoms with van der Waals surface area (Å²) in [6, 6.07) is 8.57. The van der Waals surface area contributed by atoms with E-state index < -0.39 is 0 Å². The Hall–Kier alpha value is -1.95. The van der Waals surface area contributed by atoms with E-state index in [0.717, 1.165) is 0 Å². The van der Waals surface area contributed by atoms with Gasteiger partial charge in [-0.15, -0.1) is 0 Å². The van der Waals surface area contributed by atoms with Gasteiger partial charge in [0, 0.05) is 22.3 Å². The summed E-state index contributed by atoms with van der Waals surface area (Å²) in [5.41, 5.74) is 1.38. The maximum Gasteiger partial charge on any atom is 0.250 e. The standard InChI is InChI=1S/C15H11Cl2N3OS/c16-11-5-3-10(13(17)8-11)4-6-14(21)20-15(22)19-12-2-1-7-18-9-12/h1-9H,(H2,19,20,21,22)/b6-4+. The Morgan fingerprint density at radius 3 is 2.77 bits per heavy atom. The topological polar surface area (TPSA) is 54.0 Å². The zero-order valence-corrected chi connectivity index (χ0v) is 13.5. The normalized spacial score (nSPS) is 10.5. The van der Waals surface area contributed by atoms with E-state index in [9.17, 15) is 4.79 Å². The molecule has 0 bridgehead atoms. The predicted molar refractivity (Wildman–Crippen MR) is 94.1 cm³/mol. The minimum atomic E-state index is -0.368. The minimum Gasteiger partial charge on any atom is -0.331 e. The first-order valence-electron chi connectivity index (χ1n) is 6.20. The van der Waals surface area contributed by atoms with E-state index in [1.807, 2.05) is 0 Å². The maximum atomic E-state index is 11.8. The number of pyridine rings is 1. The van der Waals surface area contributed by atoms with Crippen LogP contribution in [0.4, 0.5) is 5.69 Å². The molecule has 7 heteroatoms. The van der Waals surface area contributed by atoms with Gasteiger partial charge in [0.1, 0.15) is 0 Å². The summed E-state index contributed by atoms with van der Waals surface area (Å²) in [5, 5.41) is 6.56. The van der Waals surface area contributed by atoms with Crippen molar-refractivity contribution in [3.63, 3.8) is 0 Å². The van der Waals surface area contributed by atoms with Crippen LogP contribution in [0.3, 0.4) is 0 Å². The molecule has 1 heterocycles. The monoisotopic (exact) mass is 351 g/mol. The van der Waals surface area contributed by atoms with Crippen molar-refractivity contribution in [3.05, 3.63) is 64.4 Å². The van der Waals surface area contributed by atoms with Crippen molar-refractivity contribution in [1.29, 1.82) is 0 Å². The third-order valence-corrected chi connectivity index (χ3v) is 3.30. The Kier molecular flexibility index (Phi) is 5.89. The van der Waals surface area contributed by atoms with Crippen LogP contribution in [0.1, 0.15) is 5.56 Å². The van der Waals surface area contributed by atoms with Crippen molar-refractivity contribution >= 4 is 58.2 Å². The van der Waals surface area contributed by atoms with Crippen LogP contribution < -0.4 is 10.6 Å². The first-order valence-corrected chi connectivity index (χ1v) is 7.36. The fourth-order valence-electron chi connectivity index (χ4n) is 1.55. The second kappa shape index (κ2) is 7.89. The third-order valence-electron chi connectivity index (χ3n) is 2.53. The third kappa shape index (κ3) is 5.11. The van der Waals surface area contributed by atoms with Crippen LogP contribution in [0.25, 0.3) is 6.08 Å². The van der Waals surface area contributed by atoms with E-state index in [-0.39, 0.29) is 11.0 Å². The van der Waals surface area contributed by atoms with Crippen molar-refractivity contribution in [2.75, 3.05) is 5.32 Å². The van der Waals surface area contributed by atoms with Crippen LogP contribution in [-0.4, -0.2) is 16.0 Å². The lowest BCUT2D eigenvalue weighted by molar-refractivity contribution is -0.115. The number of hydrogen-bond acceptors (Lipinski definition) is 3. The van der Waals surface area contributed by atoms with Gasteiger partial charge in [-0.2, -0.15) is 0 Å². The molecule has 0 saturated carbocycles. The Bertz CT molecular complexity index is 720. The van der Waals surface area contributed by atoms with Gasteiger partial charge in [-0.25, -0.2) is 0 Å². The minimum absolute atomic E-state index is 0.185. The first-order chi connectivity index (χ1) is 10.5. The Morgan fingerprint density at radius 1 is 1.27 bits per heavy atom. The van der Waals surface area contributed by atoms with E-state index >= 15 is 0 Å². The molecule has 0 saturated heterocycles. The number of thiocarbonyl (C=S) groups is 1. The molecule has 4 nitrogen and oxygen atoms in total. The SMILES string of the molecule is O=C(/C=C/c1ccc(Cl)cc1Cl)NC(=S)Nc1cccnc1. The van der Waals surface area contributed by atoms with Gasteiger partial charge in [0.05, 0.1) is 11.9 Å². The van der Waals surface area contributed by atoms with Gasteiger partial charge in [-0.05, 0) is 48.1 Å². The second-order valence-corrected chi connectivity index (χ2v) is 5.44. The molecule has 0 spiro atoms. The fraction of sp³-hybridized carbons (Fsp3) is 0. The Morgan fingerprint density at radius 2 is 2.09 bits per heavy atom. The summed E-state index contributed by atoms with van der Waals surface area (Å²) in [7, 11) is 0. The lowest BCUT2D eigenvalue weighted by Gasteiger charge is -2.07. The molecular formula is C15H11Cl2N3OS. The molecule has 0 aliphatic carbocycles. The van der Waals surface area contributed by atoms with Crippen LogP contribution in [-0.2, 0) is 4.79 Å². The van der Waals surface area contributed by atoms with Gasteiger partial charge in [-0.3, -0.25) is 15.1 Å². The molecule has 1 amide bonds. The highest BCUT2D eigenvalue weighted by Gasteiger charge is 2.02. The highest BCUT2D eigenvalue weighted by molar-refractivity contribution is 7.80. The van der Waals surface area contributed by atoms with Gasteiger partial charge >= 0.3 is 0 Å². The molecule has 2 aromatic rings. The van der Waals surface area contributed by atoms with Crippen molar-refractivity contribution in [3.8, 4) is 0 Å². The molecule has 1 aromatic carbocycles. The molecular weight excluding hydrogens is 341 g/mol. The summed E-state index contributed by atoms with van der Waals surface area (Å²) >= 11 is 16.9. The average Bonchev–Trinajstić information content (AvgIpc) is 2.47. The highest BCUT2D eigenvalue weighted by atomic mass is 35.5. The van der Waals surface area contributed by atoms with Crippen LogP contribution in [0.2, 0.25) is 10.0 Å². The Balaban J connectivity index is 1.92. The van der Waals surface area contributed by atoms with Gasteiger partial charge in [0.25, 0.3) is 0 Å². The molecule has 2 N–H and O–H groups in total. The van der Waals surface area contributed by atoms with Crippen molar-refractivity contribution in [2.24, 2.45) is 0 Å². The van der Waals surface area contributed by atoms with Crippen LogP contribution in [0.15, 0.2) is 48.8 Å². The lowest BCUT2D eigenvalue weighted by atomic mass is 10.2. The number of carbonyl (C=O) groups excluding carboxylic acids is 1. The maximum absolute atomic E-state index is 11.8. The fourth-order valence-corrected chi connectivity index (χ4v) is 2.24. The van der Waals surface area contributed by atoms with Gasteiger partial charge in [0.15, 0.2) is 5.11 Å². The van der Waals surface area contributed by atoms with Crippen LogP contribution >= 0.6 is 35.4 Å². The number of aromatic nitrogens is 1. The number of hydrogen-bond donors (Lipinski definition) is 2. The number of nitrogens with zero attached hydrogens (tertiary/aromatic N) is 1. The zero-order valence-electron chi connectivity index (χ0n) is 11.2. The van der Waals surface area contributed by atoms with Crippen molar-refractivity contribution in [2.45, 2.75) is 0 Å². The van der Waals surface area contributed by atoms with E-state index in [1.54, 1.807) is 48.8 Å². The average molecular weight is 352 g/mol. The molecule has 0 radical (unpaired) electrons. The molecule has 2 rings (SSSR count). The molecule has 0 unspecified atom stereocenters. The molecule has 112 valence electrons. The smallest absolute Gasteiger partial charge is 0.250 e. The second-order valence-electron chi connectivity index (χ2n) is 4.18. The number of benzene rings is 1. The summed E-state index contributed by atoms with van der Waals surface area (Å²) < 4.78 is 0. The van der Waals surface area contributed by atoms with Crippen molar-refractivity contribution < 1.29 is 4.79 Å². The number of halogens is 2. The predicted octanol–water partition coefficient (Wildman–Crippen LogP) is 3.91. The molecule has 1 aromatic heterocycles. The van der Waals surface area contributed by atoms with Gasteiger partial charge in [-0.1, -0.05) is 29.3 Å². The number of anilines is 1. The lowest BCUT2D eigenvalue weighted by Crippen LogP contribution is -2.32. The summed E-state index contributed by atoms with van der Waals surface area (Å²) in [5.74, 6) is -0.368. The molecule has 0 atom stereocenters. The number of carbonyl (C=O) groups is 1. The number of nitrogens with one attached hydrogen (secondary N) is 2. The van der Waals surface area contributed by atoms with Gasteiger partial charge in [0.2, 0.25) is 5.91 Å². The zero-order chi connectivity index (χ0) is 15.9. The van der Waals surface area contributed by atoms with E-state index in [2.05, 4.69) is 15.6 Å². The van der Waals surface area contributed by atoms with E-state index in [4.69, 9.17) is 35.4 Å². The molecule has 22 heavy (non-hydrogen) atoms. The molecule has 0 fully saturated rings. The Labute approximate surface area is 143 Å². The largest absolute Gasteiger partial charge is 0.331 e. The van der Waals surface area contributed by atoms with Crippen molar-refractivity contribution in [1.82, 2.24) is 10.3 Å². The summed E-state index contributed by atoms with van der Waals surface area (Å²) in [6.07, 6.45) is 6.17. The highest BCUT2D eigenvalue weighted by Crippen LogP contribution is 2.21. The van der Waals surface area contributed by atoms with Crippen LogP contribution in [0, 0.1) is 0 Å². The summed E-state index contributed by atoms with van der Waals surface area (Å²) in [4.78, 5) is 15.7. The quantitative estimate of drug-likeness (QED) is 0.650. The molecule has 0 aliphatic rings. The summed E-state index contributed by atoms with van der Waals surface area (Å²) in [6.45, 7) is 0. The number of amides is 1. The number of rotatable bonds is 3. The van der Waals surface area contributed by atoms with Crippen LogP contribution in [0.5, 0.6) is 0 Å². The van der Waals surface area contributed by atoms with Gasteiger partial charge < -0.3 is 5.32 Å².